The van der Waals surface area contributed by atoms with Crippen molar-refractivity contribution in [1.82, 2.24) is 20.6 Å². The Labute approximate surface area is 138 Å². The highest BCUT2D eigenvalue weighted by molar-refractivity contribution is 7.20. The maximum absolute atomic E-state index is 12.0. The SMILES string of the molecule is Cc1cc(-c2noc(CNC(=O)c3cc(Cl)sc3Cl)n2)no1. The van der Waals surface area contributed by atoms with E-state index >= 15 is 0 Å². The fourth-order valence-electron chi connectivity index (χ4n) is 1.65. The number of nitrogens with zero attached hydrogens (tertiary/aromatic N) is 3. The van der Waals surface area contributed by atoms with E-state index in [1.807, 2.05) is 0 Å². The molecule has 10 heteroatoms. The number of aromatic nitrogens is 3. The van der Waals surface area contributed by atoms with E-state index in [1.165, 1.54) is 6.07 Å². The summed E-state index contributed by atoms with van der Waals surface area (Å²) in [5.74, 6) is 0.794. The molecule has 0 radical (unpaired) electrons. The van der Waals surface area contributed by atoms with Gasteiger partial charge >= 0.3 is 0 Å². The van der Waals surface area contributed by atoms with Gasteiger partial charge in [-0.25, -0.2) is 0 Å². The molecule has 114 valence electrons. The van der Waals surface area contributed by atoms with Crippen molar-refractivity contribution in [3.63, 3.8) is 0 Å². The lowest BCUT2D eigenvalue weighted by molar-refractivity contribution is 0.0947. The molecular weight excluding hydrogens is 351 g/mol. The highest BCUT2D eigenvalue weighted by Gasteiger charge is 2.16. The van der Waals surface area contributed by atoms with Crippen LogP contribution in [-0.2, 0) is 6.54 Å². The van der Waals surface area contributed by atoms with Gasteiger partial charge in [0.1, 0.15) is 10.1 Å². The molecule has 0 saturated carbocycles. The third kappa shape index (κ3) is 3.13. The average molecular weight is 359 g/mol. The third-order valence-corrected chi connectivity index (χ3v) is 4.11. The van der Waals surface area contributed by atoms with E-state index in [4.69, 9.17) is 32.2 Å². The zero-order chi connectivity index (χ0) is 15.7. The Bertz CT molecular complexity index is 826. The summed E-state index contributed by atoms with van der Waals surface area (Å²) in [6, 6.07) is 3.18. The molecule has 0 aliphatic carbocycles. The second-order valence-corrected chi connectivity index (χ2v) is 6.54. The number of rotatable bonds is 4. The minimum Gasteiger partial charge on any atom is -0.361 e. The normalized spacial score (nSPS) is 10.9. The Balaban J connectivity index is 1.66. The minimum atomic E-state index is -0.370. The number of carbonyl (C=O) groups excluding carboxylic acids is 1. The topological polar surface area (TPSA) is 94.1 Å². The molecule has 0 saturated heterocycles. The van der Waals surface area contributed by atoms with Gasteiger partial charge in [0.25, 0.3) is 5.91 Å². The number of thiophene rings is 1. The first kappa shape index (κ1) is 15.0. The monoisotopic (exact) mass is 358 g/mol. The molecule has 7 nitrogen and oxygen atoms in total. The molecule has 0 aliphatic rings. The number of nitrogens with one attached hydrogen (secondary N) is 1. The Morgan fingerprint density at radius 3 is 2.77 bits per heavy atom. The number of hydrogen-bond donors (Lipinski definition) is 1. The molecular formula is C12H8Cl2N4O3S. The molecule has 3 aromatic heterocycles. The van der Waals surface area contributed by atoms with Crippen LogP contribution >= 0.6 is 34.5 Å². The largest absolute Gasteiger partial charge is 0.361 e. The summed E-state index contributed by atoms with van der Waals surface area (Å²) in [6.07, 6.45) is 0. The lowest BCUT2D eigenvalue weighted by atomic mass is 10.3. The average Bonchev–Trinajstić information content (AvgIpc) is 3.16. The Morgan fingerprint density at radius 2 is 2.14 bits per heavy atom. The number of hydrogen-bond acceptors (Lipinski definition) is 7. The van der Waals surface area contributed by atoms with Crippen LogP contribution in [0.1, 0.15) is 22.0 Å². The van der Waals surface area contributed by atoms with Crippen molar-refractivity contribution in [1.29, 1.82) is 0 Å². The molecule has 3 rings (SSSR count). The van der Waals surface area contributed by atoms with Gasteiger partial charge in [-0.3, -0.25) is 4.79 Å². The molecule has 1 amide bonds. The fraction of sp³-hybridized carbons (Fsp3) is 0.167. The van der Waals surface area contributed by atoms with Crippen LogP contribution in [0.5, 0.6) is 0 Å². The zero-order valence-corrected chi connectivity index (χ0v) is 13.4. The van der Waals surface area contributed by atoms with Gasteiger partial charge in [-0.2, -0.15) is 4.98 Å². The maximum Gasteiger partial charge on any atom is 0.254 e. The number of amides is 1. The van der Waals surface area contributed by atoms with Gasteiger partial charge in [-0.05, 0) is 13.0 Å². The smallest absolute Gasteiger partial charge is 0.254 e. The van der Waals surface area contributed by atoms with Crippen LogP contribution in [-0.4, -0.2) is 21.2 Å². The summed E-state index contributed by atoms with van der Waals surface area (Å²) in [4.78, 5) is 16.1. The van der Waals surface area contributed by atoms with Crippen molar-refractivity contribution in [3.8, 4) is 11.5 Å². The zero-order valence-electron chi connectivity index (χ0n) is 11.1. The first-order chi connectivity index (χ1) is 10.5. The van der Waals surface area contributed by atoms with E-state index in [2.05, 4.69) is 20.6 Å². The van der Waals surface area contributed by atoms with Gasteiger partial charge in [0.15, 0.2) is 5.69 Å². The number of aryl methyl sites for hydroxylation is 1. The van der Waals surface area contributed by atoms with Gasteiger partial charge in [0.2, 0.25) is 11.7 Å². The Kier molecular flexibility index (Phi) is 4.14. The molecule has 22 heavy (non-hydrogen) atoms. The second kappa shape index (κ2) is 6.07. The third-order valence-electron chi connectivity index (χ3n) is 2.63. The van der Waals surface area contributed by atoms with Crippen LogP contribution in [0.15, 0.2) is 21.2 Å². The van der Waals surface area contributed by atoms with E-state index in [9.17, 15) is 4.79 Å². The molecule has 0 unspecified atom stereocenters. The second-order valence-electron chi connectivity index (χ2n) is 4.26. The van der Waals surface area contributed by atoms with Gasteiger partial charge in [-0.1, -0.05) is 33.5 Å². The van der Waals surface area contributed by atoms with Gasteiger partial charge in [-0.15, -0.1) is 11.3 Å². The van der Waals surface area contributed by atoms with Crippen LogP contribution in [0.2, 0.25) is 8.67 Å². The highest BCUT2D eigenvalue weighted by Crippen LogP contribution is 2.31. The summed E-state index contributed by atoms with van der Waals surface area (Å²) < 4.78 is 10.7. The van der Waals surface area contributed by atoms with E-state index in [1.54, 1.807) is 13.0 Å². The minimum absolute atomic E-state index is 0.0620. The molecule has 0 spiro atoms. The molecule has 3 aromatic rings. The quantitative estimate of drug-likeness (QED) is 0.768. The fourth-order valence-corrected chi connectivity index (χ4v) is 3.11. The lowest BCUT2D eigenvalue weighted by Crippen LogP contribution is -2.22. The summed E-state index contributed by atoms with van der Waals surface area (Å²) in [5.41, 5.74) is 0.773. The Hall–Kier alpha value is -1.90. The van der Waals surface area contributed by atoms with Gasteiger partial charge in [0.05, 0.1) is 16.4 Å². The first-order valence-corrected chi connectivity index (χ1v) is 7.59. The van der Waals surface area contributed by atoms with E-state index in [0.717, 1.165) is 11.3 Å². The highest BCUT2D eigenvalue weighted by atomic mass is 35.5. The predicted octanol–water partition coefficient (Wildman–Crippen LogP) is 3.33. The predicted molar refractivity (Wildman–Crippen MR) is 80.0 cm³/mol. The van der Waals surface area contributed by atoms with Crippen LogP contribution in [0.25, 0.3) is 11.5 Å². The van der Waals surface area contributed by atoms with Crippen molar-refractivity contribution >= 4 is 40.4 Å². The van der Waals surface area contributed by atoms with Crippen molar-refractivity contribution < 1.29 is 13.8 Å². The molecule has 3 heterocycles. The van der Waals surface area contributed by atoms with Crippen molar-refractivity contribution in [2.75, 3.05) is 0 Å². The molecule has 0 aromatic carbocycles. The first-order valence-electron chi connectivity index (χ1n) is 6.02. The van der Waals surface area contributed by atoms with Crippen LogP contribution < -0.4 is 5.32 Å². The van der Waals surface area contributed by atoms with Gasteiger partial charge < -0.3 is 14.4 Å². The van der Waals surface area contributed by atoms with Crippen LogP contribution in [0.4, 0.5) is 0 Å². The molecule has 0 fully saturated rings. The van der Waals surface area contributed by atoms with Crippen molar-refractivity contribution in [2.45, 2.75) is 13.5 Å². The van der Waals surface area contributed by atoms with E-state index in [-0.39, 0.29) is 24.2 Å². The van der Waals surface area contributed by atoms with E-state index in [0.29, 0.717) is 25.7 Å². The summed E-state index contributed by atoms with van der Waals surface area (Å²) >= 11 is 12.8. The van der Waals surface area contributed by atoms with Crippen LogP contribution in [0.3, 0.4) is 0 Å². The standard InChI is InChI=1S/C12H8Cl2N4O3S/c1-5-2-7(17-20-5)11-16-9(21-18-11)4-15-12(19)6-3-8(13)22-10(6)14/h2-3H,4H2,1H3,(H,15,19). The van der Waals surface area contributed by atoms with E-state index < -0.39 is 0 Å². The Morgan fingerprint density at radius 1 is 1.32 bits per heavy atom. The van der Waals surface area contributed by atoms with Crippen molar-refractivity contribution in [2.24, 2.45) is 0 Å². The van der Waals surface area contributed by atoms with Crippen LogP contribution in [0, 0.1) is 6.92 Å². The van der Waals surface area contributed by atoms with Gasteiger partial charge in [0, 0.05) is 6.07 Å². The summed E-state index contributed by atoms with van der Waals surface area (Å²) in [7, 11) is 0. The number of carbonyl (C=O) groups is 1. The molecule has 0 bridgehead atoms. The molecule has 0 aliphatic heterocycles. The maximum atomic E-state index is 12.0. The molecule has 1 N–H and O–H groups in total. The number of halogens is 2. The lowest BCUT2D eigenvalue weighted by Gasteiger charge is -1.99. The molecule has 0 atom stereocenters. The summed E-state index contributed by atoms with van der Waals surface area (Å²) in [6.45, 7) is 1.82. The summed E-state index contributed by atoms with van der Waals surface area (Å²) in [5, 5.41) is 10.2. The van der Waals surface area contributed by atoms with Crippen molar-refractivity contribution in [3.05, 3.63) is 38.0 Å².